The van der Waals surface area contributed by atoms with E-state index in [1.807, 2.05) is 32.0 Å². The smallest absolute Gasteiger partial charge is 0.226 e. The molecule has 0 bridgehead atoms. The van der Waals surface area contributed by atoms with E-state index in [1.165, 1.54) is 6.42 Å². The van der Waals surface area contributed by atoms with Gasteiger partial charge in [-0.25, -0.2) is 0 Å². The van der Waals surface area contributed by atoms with Crippen molar-refractivity contribution in [1.82, 2.24) is 4.90 Å². The summed E-state index contributed by atoms with van der Waals surface area (Å²) in [7, 11) is 0. The predicted octanol–water partition coefficient (Wildman–Crippen LogP) is 3.18. The van der Waals surface area contributed by atoms with E-state index in [1.54, 1.807) is 0 Å². The van der Waals surface area contributed by atoms with Crippen molar-refractivity contribution in [2.75, 3.05) is 23.7 Å². The molecule has 2 N–H and O–H groups in total. The molecule has 1 aromatic carbocycles. The number of amides is 1. The lowest BCUT2D eigenvalue weighted by Crippen LogP contribution is -2.31. The summed E-state index contributed by atoms with van der Waals surface area (Å²) >= 11 is 0. The Morgan fingerprint density at radius 3 is 2.57 bits per heavy atom. The summed E-state index contributed by atoms with van der Waals surface area (Å²) in [6.07, 6.45) is 1.17. The van der Waals surface area contributed by atoms with Gasteiger partial charge in [0.25, 0.3) is 0 Å². The van der Waals surface area contributed by atoms with E-state index in [2.05, 4.69) is 35.4 Å². The van der Waals surface area contributed by atoms with Gasteiger partial charge in [-0.15, -0.1) is 0 Å². The van der Waals surface area contributed by atoms with Crippen LogP contribution in [0.2, 0.25) is 0 Å². The highest BCUT2D eigenvalue weighted by Gasteiger charge is 2.23. The Morgan fingerprint density at radius 2 is 1.95 bits per heavy atom. The molecule has 0 aliphatic carbocycles. The molecule has 21 heavy (non-hydrogen) atoms. The fourth-order valence-electron chi connectivity index (χ4n) is 2.58. The fraction of sp³-hybridized carbons (Fsp3) is 0.588. The highest BCUT2D eigenvalue weighted by atomic mass is 16.1. The second-order valence-electron chi connectivity index (χ2n) is 6.44. The van der Waals surface area contributed by atoms with Crippen LogP contribution in [0.25, 0.3) is 0 Å². The van der Waals surface area contributed by atoms with Crippen molar-refractivity contribution in [2.45, 2.75) is 46.2 Å². The van der Waals surface area contributed by atoms with Crippen LogP contribution < -0.4 is 10.6 Å². The SMILES string of the molecule is CC(C)C(=O)Nc1cccc(NC2CCN(C(C)C)C2)c1. The van der Waals surface area contributed by atoms with E-state index in [0.717, 1.165) is 24.5 Å². The van der Waals surface area contributed by atoms with Crippen LogP contribution in [0.3, 0.4) is 0 Å². The first-order valence-corrected chi connectivity index (χ1v) is 7.87. The van der Waals surface area contributed by atoms with Crippen molar-refractivity contribution in [1.29, 1.82) is 0 Å². The van der Waals surface area contributed by atoms with Crippen LogP contribution in [-0.2, 0) is 4.79 Å². The fourth-order valence-corrected chi connectivity index (χ4v) is 2.58. The second-order valence-corrected chi connectivity index (χ2v) is 6.44. The third-order valence-electron chi connectivity index (χ3n) is 3.98. The van der Waals surface area contributed by atoms with Crippen molar-refractivity contribution in [3.8, 4) is 0 Å². The molecule has 0 radical (unpaired) electrons. The Bertz CT molecular complexity index is 485. The molecule has 1 saturated heterocycles. The lowest BCUT2D eigenvalue weighted by Gasteiger charge is -2.21. The summed E-state index contributed by atoms with van der Waals surface area (Å²) in [5.41, 5.74) is 1.93. The quantitative estimate of drug-likeness (QED) is 0.875. The zero-order chi connectivity index (χ0) is 15.4. The van der Waals surface area contributed by atoms with Gasteiger partial charge in [-0.2, -0.15) is 0 Å². The van der Waals surface area contributed by atoms with Crippen molar-refractivity contribution < 1.29 is 4.79 Å². The Kier molecular flexibility index (Phi) is 5.23. The molecule has 1 aliphatic heterocycles. The van der Waals surface area contributed by atoms with Gasteiger partial charge in [0.15, 0.2) is 0 Å². The minimum absolute atomic E-state index is 0.00366. The highest BCUT2D eigenvalue weighted by Crippen LogP contribution is 2.20. The number of likely N-dealkylation sites (tertiary alicyclic amines) is 1. The largest absolute Gasteiger partial charge is 0.381 e. The zero-order valence-electron chi connectivity index (χ0n) is 13.5. The third-order valence-corrected chi connectivity index (χ3v) is 3.98. The summed E-state index contributed by atoms with van der Waals surface area (Å²) in [6, 6.07) is 9.08. The van der Waals surface area contributed by atoms with Gasteiger partial charge in [0.2, 0.25) is 5.91 Å². The zero-order valence-corrected chi connectivity index (χ0v) is 13.5. The molecule has 0 spiro atoms. The Morgan fingerprint density at radius 1 is 1.24 bits per heavy atom. The average Bonchev–Trinajstić information content (AvgIpc) is 2.87. The van der Waals surface area contributed by atoms with Crippen LogP contribution in [0, 0.1) is 5.92 Å². The maximum absolute atomic E-state index is 11.7. The van der Waals surface area contributed by atoms with E-state index < -0.39 is 0 Å². The minimum atomic E-state index is -0.00366. The van der Waals surface area contributed by atoms with Crippen molar-refractivity contribution in [2.24, 2.45) is 5.92 Å². The predicted molar refractivity (Wildman–Crippen MR) is 88.6 cm³/mol. The summed E-state index contributed by atoms with van der Waals surface area (Å²) in [6.45, 7) is 10.5. The molecule has 1 heterocycles. The van der Waals surface area contributed by atoms with E-state index in [9.17, 15) is 4.79 Å². The number of benzene rings is 1. The molecule has 116 valence electrons. The van der Waals surface area contributed by atoms with Crippen LogP contribution in [0.5, 0.6) is 0 Å². The monoisotopic (exact) mass is 289 g/mol. The highest BCUT2D eigenvalue weighted by molar-refractivity contribution is 5.92. The van der Waals surface area contributed by atoms with E-state index in [0.29, 0.717) is 12.1 Å². The number of nitrogens with zero attached hydrogens (tertiary/aromatic N) is 1. The minimum Gasteiger partial charge on any atom is -0.381 e. The first-order valence-electron chi connectivity index (χ1n) is 7.87. The molecule has 4 nitrogen and oxygen atoms in total. The standard InChI is InChI=1S/C17H27N3O/c1-12(2)17(21)19-15-7-5-6-14(10-15)18-16-8-9-20(11-16)13(3)4/h5-7,10,12-13,16,18H,8-9,11H2,1-4H3,(H,19,21). The number of hydrogen-bond acceptors (Lipinski definition) is 3. The first-order chi connectivity index (χ1) is 9.95. The maximum Gasteiger partial charge on any atom is 0.226 e. The normalized spacial score (nSPS) is 19.2. The Labute approximate surface area is 127 Å². The van der Waals surface area contributed by atoms with Crippen LogP contribution in [-0.4, -0.2) is 36.0 Å². The van der Waals surface area contributed by atoms with Crippen molar-refractivity contribution >= 4 is 17.3 Å². The number of carbonyl (C=O) groups excluding carboxylic acids is 1. The summed E-state index contributed by atoms with van der Waals surface area (Å²) in [4.78, 5) is 14.2. The van der Waals surface area contributed by atoms with Gasteiger partial charge >= 0.3 is 0 Å². The summed E-state index contributed by atoms with van der Waals surface area (Å²) < 4.78 is 0. The molecule has 1 aromatic rings. The number of carbonyl (C=O) groups is 1. The lowest BCUT2D eigenvalue weighted by atomic mass is 10.2. The van der Waals surface area contributed by atoms with Crippen LogP contribution in [0.15, 0.2) is 24.3 Å². The van der Waals surface area contributed by atoms with Gasteiger partial charge in [-0.05, 0) is 38.5 Å². The number of hydrogen-bond donors (Lipinski definition) is 2. The van der Waals surface area contributed by atoms with Crippen LogP contribution >= 0.6 is 0 Å². The molecule has 4 heteroatoms. The molecule has 1 atom stereocenters. The molecular weight excluding hydrogens is 262 g/mol. The van der Waals surface area contributed by atoms with E-state index >= 15 is 0 Å². The first kappa shape index (κ1) is 15.8. The molecule has 1 unspecified atom stereocenters. The molecule has 1 aliphatic rings. The Balaban J connectivity index is 1.94. The topological polar surface area (TPSA) is 44.4 Å². The summed E-state index contributed by atoms with van der Waals surface area (Å²) in [5, 5.41) is 6.52. The van der Waals surface area contributed by atoms with Crippen molar-refractivity contribution in [3.63, 3.8) is 0 Å². The average molecular weight is 289 g/mol. The molecule has 0 aromatic heterocycles. The number of rotatable bonds is 5. The third kappa shape index (κ3) is 4.46. The van der Waals surface area contributed by atoms with Gasteiger partial charge in [-0.1, -0.05) is 19.9 Å². The van der Waals surface area contributed by atoms with Crippen molar-refractivity contribution in [3.05, 3.63) is 24.3 Å². The van der Waals surface area contributed by atoms with E-state index in [4.69, 9.17) is 0 Å². The van der Waals surface area contributed by atoms with Gasteiger partial charge in [0, 0.05) is 42.5 Å². The van der Waals surface area contributed by atoms with Gasteiger partial charge in [0.05, 0.1) is 0 Å². The molecule has 1 fully saturated rings. The molecule has 0 saturated carbocycles. The van der Waals surface area contributed by atoms with Gasteiger partial charge < -0.3 is 10.6 Å². The van der Waals surface area contributed by atoms with E-state index in [-0.39, 0.29) is 11.8 Å². The molecular formula is C17H27N3O. The van der Waals surface area contributed by atoms with Crippen LogP contribution in [0.1, 0.15) is 34.1 Å². The lowest BCUT2D eigenvalue weighted by molar-refractivity contribution is -0.118. The second kappa shape index (κ2) is 6.94. The molecule has 1 amide bonds. The van der Waals surface area contributed by atoms with Gasteiger partial charge in [-0.3, -0.25) is 9.69 Å². The number of nitrogens with one attached hydrogen (secondary N) is 2. The Hall–Kier alpha value is -1.55. The summed E-state index contributed by atoms with van der Waals surface area (Å²) in [5.74, 6) is 0.0510. The van der Waals surface area contributed by atoms with Gasteiger partial charge in [0.1, 0.15) is 0 Å². The maximum atomic E-state index is 11.7. The number of anilines is 2. The van der Waals surface area contributed by atoms with Crippen LogP contribution in [0.4, 0.5) is 11.4 Å². The molecule has 2 rings (SSSR count).